The van der Waals surface area contributed by atoms with Crippen molar-refractivity contribution in [2.24, 2.45) is 0 Å². The lowest BCUT2D eigenvalue weighted by Crippen LogP contribution is -2.32. The maximum absolute atomic E-state index is 10.9. The summed E-state index contributed by atoms with van der Waals surface area (Å²) in [5.41, 5.74) is 13.6. The summed E-state index contributed by atoms with van der Waals surface area (Å²) in [5, 5.41) is 21.7. The molecule has 2 aliphatic rings. The zero-order chi connectivity index (χ0) is 40.0. The van der Waals surface area contributed by atoms with E-state index in [0.29, 0.717) is 61.9 Å². The lowest BCUT2D eigenvalue weighted by Gasteiger charge is -2.39. The van der Waals surface area contributed by atoms with Gasteiger partial charge < -0.3 is 13.6 Å². The van der Waals surface area contributed by atoms with Crippen LogP contribution in [0.2, 0.25) is 0 Å². The maximum atomic E-state index is 10.9. The van der Waals surface area contributed by atoms with Gasteiger partial charge in [-0.2, -0.15) is 10.5 Å². The molecule has 278 valence electrons. The number of benzene rings is 8. The van der Waals surface area contributed by atoms with Crippen LogP contribution < -0.4 is 4.74 Å². The third kappa shape index (κ3) is 4.81. The fraction of sp³-hybridized carbons (Fsp3) is 0.0189. The van der Waals surface area contributed by atoms with Gasteiger partial charge in [0.2, 0.25) is 11.8 Å². The van der Waals surface area contributed by atoms with Gasteiger partial charge in [0, 0.05) is 33.4 Å². The van der Waals surface area contributed by atoms with E-state index in [2.05, 4.69) is 78.9 Å². The average molecular weight is 769 g/mol. The highest BCUT2D eigenvalue weighted by atomic mass is 16.5. The van der Waals surface area contributed by atoms with Crippen LogP contribution in [0.1, 0.15) is 33.4 Å². The third-order valence-corrected chi connectivity index (χ3v) is 11.9. The van der Waals surface area contributed by atoms with Crippen molar-refractivity contribution < 1.29 is 13.6 Å². The fourth-order valence-corrected chi connectivity index (χ4v) is 9.31. The number of nitriles is 2. The Morgan fingerprint density at radius 2 is 0.883 bits per heavy atom. The largest absolute Gasteiger partial charge is 0.457 e. The van der Waals surface area contributed by atoms with E-state index in [1.807, 2.05) is 103 Å². The predicted molar refractivity (Wildman–Crippen MR) is 230 cm³/mol. The topological polar surface area (TPSA) is 109 Å². The summed E-state index contributed by atoms with van der Waals surface area (Å²) in [6.07, 6.45) is 0. The van der Waals surface area contributed by atoms with Gasteiger partial charge in [-0.25, -0.2) is 9.97 Å². The summed E-state index contributed by atoms with van der Waals surface area (Å²) in [5.74, 6) is 2.43. The SMILES string of the molecule is N#Cc1cc(-c2ccc3c(c2)C2(c4ccccc4Oc4ccccc42)c2ccccc2-3)c(C#N)cc1-c1cc(-c2nc3ccccc3o2)cc(-c2nc3ccccc3o2)c1. The van der Waals surface area contributed by atoms with E-state index in [1.165, 1.54) is 5.56 Å². The van der Waals surface area contributed by atoms with E-state index in [1.54, 1.807) is 0 Å². The standard InChI is InChI=1S/C53H28N4O3/c54-29-35-27-40(32-23-33(51-56-45-15-5-9-19-49(45)59-51)25-34(24-32)52-57-46-16-6-10-20-50(46)60-52)36(30-55)26-39(35)31-21-22-38-37-11-1-2-12-41(37)53(44(38)28-31)42-13-3-7-17-47(42)58-48-18-8-4-14-43(48)53/h1-28H. The van der Waals surface area contributed by atoms with E-state index in [4.69, 9.17) is 23.5 Å². The highest BCUT2D eigenvalue weighted by Crippen LogP contribution is 2.62. The predicted octanol–water partition coefficient (Wildman–Crippen LogP) is 12.8. The van der Waals surface area contributed by atoms with Gasteiger partial charge in [-0.1, -0.05) is 97.1 Å². The van der Waals surface area contributed by atoms with Crippen molar-refractivity contribution in [3.63, 3.8) is 0 Å². The summed E-state index contributed by atoms with van der Waals surface area (Å²) in [7, 11) is 0. The molecule has 1 spiro atoms. The molecule has 7 heteroatoms. The van der Waals surface area contributed by atoms with Crippen molar-refractivity contribution in [1.29, 1.82) is 10.5 Å². The Hall–Kier alpha value is -8.52. The number of rotatable bonds is 4. The second kappa shape index (κ2) is 12.7. The normalized spacial score (nSPS) is 12.9. The average Bonchev–Trinajstić information content (AvgIpc) is 4.02. The Morgan fingerprint density at radius 3 is 1.47 bits per heavy atom. The Labute approximate surface area is 343 Å². The van der Waals surface area contributed by atoms with E-state index < -0.39 is 5.41 Å². The first-order chi connectivity index (χ1) is 29.6. The molecule has 0 saturated heterocycles. The van der Waals surface area contributed by atoms with Crippen LogP contribution in [0, 0.1) is 22.7 Å². The molecule has 0 N–H and O–H groups in total. The van der Waals surface area contributed by atoms with Crippen LogP contribution in [-0.4, -0.2) is 9.97 Å². The van der Waals surface area contributed by atoms with Gasteiger partial charge in [-0.3, -0.25) is 0 Å². The monoisotopic (exact) mass is 768 g/mol. The highest BCUT2D eigenvalue weighted by molar-refractivity contribution is 5.92. The minimum atomic E-state index is -0.676. The lowest BCUT2D eigenvalue weighted by molar-refractivity contribution is 0.436. The molecule has 0 amide bonds. The van der Waals surface area contributed by atoms with Crippen LogP contribution in [0.5, 0.6) is 11.5 Å². The van der Waals surface area contributed by atoms with E-state index in [0.717, 1.165) is 55.9 Å². The molecule has 8 aromatic carbocycles. The molecule has 0 fully saturated rings. The first-order valence-electron chi connectivity index (χ1n) is 19.6. The smallest absolute Gasteiger partial charge is 0.227 e. The minimum Gasteiger partial charge on any atom is -0.457 e. The molecule has 1 aliphatic carbocycles. The van der Waals surface area contributed by atoms with Gasteiger partial charge in [-0.05, 0) is 106 Å². The van der Waals surface area contributed by atoms with Gasteiger partial charge >= 0.3 is 0 Å². The Bertz CT molecular complexity index is 3320. The number of nitrogens with zero attached hydrogens (tertiary/aromatic N) is 4. The third-order valence-electron chi connectivity index (χ3n) is 11.9. The number of hydrogen-bond acceptors (Lipinski definition) is 7. The van der Waals surface area contributed by atoms with Gasteiger partial charge in [0.15, 0.2) is 11.2 Å². The van der Waals surface area contributed by atoms with Gasteiger partial charge in [0.1, 0.15) is 22.5 Å². The fourth-order valence-electron chi connectivity index (χ4n) is 9.31. The second-order valence-corrected chi connectivity index (χ2v) is 15.1. The van der Waals surface area contributed by atoms with Crippen molar-refractivity contribution in [2.75, 3.05) is 0 Å². The van der Waals surface area contributed by atoms with E-state index in [-0.39, 0.29) is 0 Å². The number of fused-ring (bicyclic) bond motifs is 11. The molecule has 0 radical (unpaired) electrons. The Balaban J connectivity index is 1.06. The van der Waals surface area contributed by atoms with E-state index in [9.17, 15) is 10.5 Å². The molecule has 0 bridgehead atoms. The lowest BCUT2D eigenvalue weighted by atomic mass is 9.66. The molecular weight excluding hydrogens is 741 g/mol. The summed E-state index contributed by atoms with van der Waals surface area (Å²) >= 11 is 0. The van der Waals surface area contributed by atoms with Crippen molar-refractivity contribution in [2.45, 2.75) is 5.41 Å². The number of para-hydroxylation sites is 6. The molecular formula is C53H28N4O3. The number of oxazole rings is 2. The molecule has 12 rings (SSSR count). The summed E-state index contributed by atoms with van der Waals surface area (Å²) in [6, 6.07) is 61.0. The quantitative estimate of drug-likeness (QED) is 0.175. The number of aromatic nitrogens is 2. The van der Waals surface area contributed by atoms with Crippen LogP contribution in [-0.2, 0) is 5.41 Å². The molecule has 0 atom stereocenters. The van der Waals surface area contributed by atoms with Crippen molar-refractivity contribution >= 4 is 22.2 Å². The maximum Gasteiger partial charge on any atom is 0.227 e. The van der Waals surface area contributed by atoms with E-state index >= 15 is 0 Å². The summed E-state index contributed by atoms with van der Waals surface area (Å²) < 4.78 is 19.0. The number of hydrogen-bond donors (Lipinski definition) is 0. The molecule has 1 aliphatic heterocycles. The van der Waals surface area contributed by atoms with Crippen molar-refractivity contribution in [1.82, 2.24) is 9.97 Å². The van der Waals surface area contributed by atoms with Crippen LogP contribution in [0.25, 0.3) is 78.5 Å². The van der Waals surface area contributed by atoms with Crippen molar-refractivity contribution in [3.05, 3.63) is 203 Å². The zero-order valence-corrected chi connectivity index (χ0v) is 31.7. The van der Waals surface area contributed by atoms with Crippen LogP contribution in [0.15, 0.2) is 179 Å². The van der Waals surface area contributed by atoms with Crippen LogP contribution >= 0.6 is 0 Å². The molecule has 2 aromatic heterocycles. The summed E-state index contributed by atoms with van der Waals surface area (Å²) in [6.45, 7) is 0. The Morgan fingerprint density at radius 1 is 0.400 bits per heavy atom. The summed E-state index contributed by atoms with van der Waals surface area (Å²) in [4.78, 5) is 9.58. The zero-order valence-electron chi connectivity index (χ0n) is 31.7. The molecule has 0 unspecified atom stereocenters. The second-order valence-electron chi connectivity index (χ2n) is 15.1. The molecule has 60 heavy (non-hydrogen) atoms. The Kier molecular flexibility index (Phi) is 7.14. The van der Waals surface area contributed by atoms with Crippen LogP contribution in [0.3, 0.4) is 0 Å². The molecule has 0 saturated carbocycles. The molecule has 10 aromatic rings. The van der Waals surface area contributed by atoms with Gasteiger partial charge in [0.25, 0.3) is 0 Å². The highest BCUT2D eigenvalue weighted by Gasteiger charge is 2.51. The molecule has 3 heterocycles. The van der Waals surface area contributed by atoms with Crippen LogP contribution in [0.4, 0.5) is 0 Å². The van der Waals surface area contributed by atoms with Gasteiger partial charge in [0.05, 0.1) is 28.7 Å². The van der Waals surface area contributed by atoms with Crippen molar-refractivity contribution in [3.8, 4) is 79.9 Å². The van der Waals surface area contributed by atoms with Gasteiger partial charge in [-0.15, -0.1) is 0 Å². The first kappa shape index (κ1) is 33.6. The number of ether oxygens (including phenoxy) is 1. The minimum absolute atomic E-state index is 0.405. The molecule has 7 nitrogen and oxygen atoms in total. The first-order valence-corrected chi connectivity index (χ1v) is 19.6.